The SMILES string of the molecule is CCOc1cc(/C=C2\SC(=S)N(CCCC(=O)O)C2=O)ccc1OC(F)F. The van der Waals surface area contributed by atoms with E-state index in [0.717, 1.165) is 11.8 Å². The van der Waals surface area contributed by atoms with E-state index in [-0.39, 0.29) is 37.0 Å². The molecule has 0 radical (unpaired) electrons. The van der Waals surface area contributed by atoms with Gasteiger partial charge in [-0.15, -0.1) is 0 Å². The van der Waals surface area contributed by atoms with Crippen LogP contribution >= 0.6 is 24.0 Å². The number of nitrogens with zero attached hydrogens (tertiary/aromatic N) is 1. The third-order valence-corrected chi connectivity index (χ3v) is 4.81. The van der Waals surface area contributed by atoms with Gasteiger partial charge in [0.05, 0.1) is 11.5 Å². The van der Waals surface area contributed by atoms with Crippen molar-refractivity contribution in [3.05, 3.63) is 28.7 Å². The minimum absolute atomic E-state index is 0.0561. The topological polar surface area (TPSA) is 76.1 Å². The number of carbonyl (C=O) groups is 2. The van der Waals surface area contributed by atoms with Gasteiger partial charge in [0.2, 0.25) is 0 Å². The van der Waals surface area contributed by atoms with Gasteiger partial charge >= 0.3 is 12.6 Å². The van der Waals surface area contributed by atoms with Crippen LogP contribution in [0.3, 0.4) is 0 Å². The van der Waals surface area contributed by atoms with Crippen LogP contribution in [0.5, 0.6) is 11.5 Å². The maximum Gasteiger partial charge on any atom is 0.387 e. The molecule has 1 N–H and O–H groups in total. The van der Waals surface area contributed by atoms with Crippen molar-refractivity contribution in [1.82, 2.24) is 4.90 Å². The maximum absolute atomic E-state index is 12.5. The monoisotopic (exact) mass is 417 g/mol. The molecule has 0 bridgehead atoms. The van der Waals surface area contributed by atoms with E-state index in [1.165, 1.54) is 23.1 Å². The fraction of sp³-hybridized carbons (Fsp3) is 0.353. The van der Waals surface area contributed by atoms with Gasteiger partial charge in [0, 0.05) is 13.0 Å². The standard InChI is InChI=1S/C17H17F2NO5S2/c1-2-24-12-8-10(5-6-11(12)25-16(18)19)9-13-15(23)20(17(26)27-13)7-3-4-14(21)22/h5-6,8-9,16H,2-4,7H2,1H3,(H,21,22)/b13-9-. The number of thiocarbonyl (C=S) groups is 1. The number of amides is 1. The van der Waals surface area contributed by atoms with Gasteiger partial charge in [0.25, 0.3) is 5.91 Å². The summed E-state index contributed by atoms with van der Waals surface area (Å²) < 4.78 is 35.0. The highest BCUT2D eigenvalue weighted by Gasteiger charge is 2.31. The molecule has 0 unspecified atom stereocenters. The maximum atomic E-state index is 12.5. The zero-order chi connectivity index (χ0) is 20.0. The summed E-state index contributed by atoms with van der Waals surface area (Å²) in [7, 11) is 0. The van der Waals surface area contributed by atoms with E-state index < -0.39 is 12.6 Å². The molecular formula is C17H17F2NO5S2. The first-order valence-corrected chi connectivity index (χ1v) is 9.23. The summed E-state index contributed by atoms with van der Waals surface area (Å²) in [5.41, 5.74) is 0.561. The van der Waals surface area contributed by atoms with Crippen LogP contribution in [-0.2, 0) is 9.59 Å². The number of rotatable bonds is 9. The van der Waals surface area contributed by atoms with Crippen molar-refractivity contribution < 1.29 is 33.0 Å². The van der Waals surface area contributed by atoms with E-state index in [0.29, 0.717) is 21.2 Å². The Morgan fingerprint density at radius 3 is 2.78 bits per heavy atom. The van der Waals surface area contributed by atoms with Gasteiger partial charge in [-0.2, -0.15) is 8.78 Å². The summed E-state index contributed by atoms with van der Waals surface area (Å²) in [5, 5.41) is 8.69. The summed E-state index contributed by atoms with van der Waals surface area (Å²) in [6.07, 6.45) is 1.81. The minimum Gasteiger partial charge on any atom is -0.490 e. The Labute approximate surface area is 164 Å². The van der Waals surface area contributed by atoms with Gasteiger partial charge in [-0.25, -0.2) is 0 Å². The molecule has 27 heavy (non-hydrogen) atoms. The van der Waals surface area contributed by atoms with E-state index in [2.05, 4.69) is 4.74 Å². The molecule has 1 aromatic rings. The zero-order valence-corrected chi connectivity index (χ0v) is 15.9. The van der Waals surface area contributed by atoms with E-state index >= 15 is 0 Å². The predicted molar refractivity (Wildman–Crippen MR) is 101 cm³/mol. The van der Waals surface area contributed by atoms with Crippen LogP contribution in [0.25, 0.3) is 6.08 Å². The lowest BCUT2D eigenvalue weighted by Crippen LogP contribution is -2.29. The van der Waals surface area contributed by atoms with Crippen LogP contribution in [0, 0.1) is 0 Å². The number of benzene rings is 1. The van der Waals surface area contributed by atoms with Gasteiger partial charge in [-0.05, 0) is 37.1 Å². The highest BCUT2D eigenvalue weighted by atomic mass is 32.2. The van der Waals surface area contributed by atoms with E-state index in [9.17, 15) is 18.4 Å². The first kappa shape index (κ1) is 21.1. The van der Waals surface area contributed by atoms with Crippen LogP contribution in [-0.4, -0.2) is 46.0 Å². The Bertz CT molecular complexity index is 770. The van der Waals surface area contributed by atoms with Gasteiger partial charge in [0.1, 0.15) is 4.32 Å². The molecule has 0 saturated carbocycles. The first-order valence-electron chi connectivity index (χ1n) is 8.00. The molecule has 1 amide bonds. The number of ether oxygens (including phenoxy) is 2. The highest BCUT2D eigenvalue weighted by Crippen LogP contribution is 2.35. The van der Waals surface area contributed by atoms with Crippen molar-refractivity contribution in [2.75, 3.05) is 13.2 Å². The van der Waals surface area contributed by atoms with Gasteiger partial charge in [-0.1, -0.05) is 30.0 Å². The van der Waals surface area contributed by atoms with Crippen molar-refractivity contribution in [2.45, 2.75) is 26.4 Å². The van der Waals surface area contributed by atoms with E-state index in [1.54, 1.807) is 13.0 Å². The molecule has 1 aliphatic heterocycles. The highest BCUT2D eigenvalue weighted by molar-refractivity contribution is 8.26. The van der Waals surface area contributed by atoms with Crippen LogP contribution in [0.1, 0.15) is 25.3 Å². The Balaban J connectivity index is 2.17. The average Bonchev–Trinajstić information content (AvgIpc) is 2.84. The smallest absolute Gasteiger partial charge is 0.387 e. The quantitative estimate of drug-likeness (QED) is 0.484. The van der Waals surface area contributed by atoms with Crippen molar-refractivity contribution in [3.63, 3.8) is 0 Å². The number of carboxylic acids is 1. The lowest BCUT2D eigenvalue weighted by molar-refractivity contribution is -0.137. The van der Waals surface area contributed by atoms with Crippen LogP contribution in [0.4, 0.5) is 8.78 Å². The van der Waals surface area contributed by atoms with Gasteiger partial charge in [-0.3, -0.25) is 14.5 Å². The van der Waals surface area contributed by atoms with Gasteiger partial charge in [0.15, 0.2) is 11.5 Å². The fourth-order valence-electron chi connectivity index (χ4n) is 2.31. The Morgan fingerprint density at radius 1 is 1.41 bits per heavy atom. The molecule has 1 saturated heterocycles. The summed E-state index contributed by atoms with van der Waals surface area (Å²) in [5.74, 6) is -1.21. The summed E-state index contributed by atoms with van der Waals surface area (Å²) in [4.78, 5) is 24.8. The molecule has 0 spiro atoms. The molecule has 146 valence electrons. The molecule has 0 aromatic heterocycles. The third-order valence-electron chi connectivity index (χ3n) is 3.43. The van der Waals surface area contributed by atoms with Crippen molar-refractivity contribution in [2.24, 2.45) is 0 Å². The summed E-state index contributed by atoms with van der Waals surface area (Å²) in [6, 6.07) is 4.37. The second-order valence-electron chi connectivity index (χ2n) is 5.35. The second-order valence-corrected chi connectivity index (χ2v) is 7.02. The lowest BCUT2D eigenvalue weighted by Gasteiger charge is -2.13. The van der Waals surface area contributed by atoms with E-state index in [4.69, 9.17) is 22.1 Å². The minimum atomic E-state index is -2.97. The second kappa shape index (κ2) is 9.65. The molecule has 1 aromatic carbocycles. The predicted octanol–water partition coefficient (Wildman–Crippen LogP) is 3.75. The molecule has 0 atom stereocenters. The largest absolute Gasteiger partial charge is 0.490 e. The van der Waals surface area contributed by atoms with Gasteiger partial charge < -0.3 is 14.6 Å². The number of halogens is 2. The number of hydrogen-bond acceptors (Lipinski definition) is 6. The lowest BCUT2D eigenvalue weighted by atomic mass is 10.2. The summed E-state index contributed by atoms with van der Waals surface area (Å²) in [6.45, 7) is -0.785. The molecule has 6 nitrogen and oxygen atoms in total. The molecule has 1 heterocycles. The van der Waals surface area contributed by atoms with Crippen LogP contribution in [0.15, 0.2) is 23.1 Å². The number of aliphatic carboxylic acids is 1. The molecular weight excluding hydrogens is 400 g/mol. The molecule has 1 fully saturated rings. The normalized spacial score (nSPS) is 15.7. The van der Waals surface area contributed by atoms with Crippen molar-refractivity contribution >= 4 is 46.3 Å². The van der Waals surface area contributed by atoms with Crippen molar-refractivity contribution in [3.8, 4) is 11.5 Å². The Kier molecular flexibility index (Phi) is 7.55. The number of thioether (sulfide) groups is 1. The number of carboxylic acid groups (broad SMARTS) is 1. The molecule has 1 aliphatic rings. The third kappa shape index (κ3) is 5.90. The molecule has 10 heteroatoms. The first-order chi connectivity index (χ1) is 12.8. The van der Waals surface area contributed by atoms with Crippen LogP contribution < -0.4 is 9.47 Å². The summed E-state index contributed by atoms with van der Waals surface area (Å²) >= 11 is 6.28. The number of hydrogen-bond donors (Lipinski definition) is 1. The molecule has 0 aliphatic carbocycles. The Hall–Kier alpha value is -2.20. The zero-order valence-electron chi connectivity index (χ0n) is 14.3. The van der Waals surface area contributed by atoms with Crippen molar-refractivity contribution in [1.29, 1.82) is 0 Å². The fourth-order valence-corrected chi connectivity index (χ4v) is 3.62. The van der Waals surface area contributed by atoms with E-state index in [1.807, 2.05) is 0 Å². The molecule has 2 rings (SSSR count). The number of carbonyl (C=O) groups excluding carboxylic acids is 1. The van der Waals surface area contributed by atoms with Crippen LogP contribution in [0.2, 0.25) is 0 Å². The Morgan fingerprint density at radius 2 is 2.15 bits per heavy atom. The average molecular weight is 417 g/mol. The number of alkyl halides is 2.